The molecule has 0 saturated heterocycles. The van der Waals surface area contributed by atoms with E-state index in [0.717, 1.165) is 12.8 Å². The van der Waals surface area contributed by atoms with Crippen LogP contribution in [0.15, 0.2) is 0 Å². The molecule has 4 nitrogen and oxygen atoms in total. The van der Waals surface area contributed by atoms with Gasteiger partial charge in [-0.05, 0) is 52.5 Å². The van der Waals surface area contributed by atoms with E-state index in [-0.39, 0.29) is 6.04 Å². The fourth-order valence-corrected chi connectivity index (χ4v) is 3.91. The highest BCUT2D eigenvalue weighted by Crippen LogP contribution is 2.41. The van der Waals surface area contributed by atoms with Crippen molar-refractivity contribution in [1.29, 1.82) is 0 Å². The van der Waals surface area contributed by atoms with E-state index in [0.29, 0.717) is 18.5 Å². The monoisotopic (exact) mass is 296 g/mol. The van der Waals surface area contributed by atoms with Gasteiger partial charge in [-0.1, -0.05) is 25.7 Å². The Morgan fingerprint density at radius 3 is 2.19 bits per heavy atom. The highest BCUT2D eigenvalue weighted by atomic mass is 16.4. The Hall–Kier alpha value is -0.610. The van der Waals surface area contributed by atoms with E-state index >= 15 is 0 Å². The van der Waals surface area contributed by atoms with Crippen molar-refractivity contribution in [1.82, 2.24) is 10.2 Å². The molecule has 0 radical (unpaired) electrons. The second-order valence-electron chi connectivity index (χ2n) is 7.41. The molecular formula is C17H32N2O2. The number of nitrogens with zero attached hydrogens (tertiary/aromatic N) is 1. The zero-order valence-electron chi connectivity index (χ0n) is 13.9. The lowest BCUT2D eigenvalue weighted by Crippen LogP contribution is -2.63. The number of aliphatic carboxylic acids is 1. The van der Waals surface area contributed by atoms with Gasteiger partial charge in [0.2, 0.25) is 0 Å². The van der Waals surface area contributed by atoms with Crippen LogP contribution < -0.4 is 5.32 Å². The first-order valence-corrected chi connectivity index (χ1v) is 8.67. The lowest BCUT2D eigenvalue weighted by molar-refractivity contribution is -0.147. The number of carbonyl (C=O) groups is 1. The van der Waals surface area contributed by atoms with Crippen LogP contribution in [0.1, 0.15) is 65.2 Å². The maximum Gasteiger partial charge on any atom is 0.325 e. The molecule has 0 aromatic heterocycles. The molecule has 122 valence electrons. The molecule has 2 fully saturated rings. The summed E-state index contributed by atoms with van der Waals surface area (Å²) < 4.78 is 0. The van der Waals surface area contributed by atoms with Crippen LogP contribution in [-0.4, -0.2) is 47.2 Å². The van der Waals surface area contributed by atoms with E-state index in [1.54, 1.807) is 0 Å². The van der Waals surface area contributed by atoms with Gasteiger partial charge in [0.25, 0.3) is 0 Å². The molecule has 21 heavy (non-hydrogen) atoms. The van der Waals surface area contributed by atoms with Crippen LogP contribution in [-0.2, 0) is 4.79 Å². The Kier molecular flexibility index (Phi) is 5.67. The molecule has 0 aromatic rings. The van der Waals surface area contributed by atoms with Crippen molar-refractivity contribution in [3.8, 4) is 0 Å². The Bertz CT molecular complexity index is 347. The van der Waals surface area contributed by atoms with Crippen molar-refractivity contribution in [2.45, 2.75) is 82.8 Å². The summed E-state index contributed by atoms with van der Waals surface area (Å²) in [7, 11) is 2.12. The summed E-state index contributed by atoms with van der Waals surface area (Å²) in [5, 5.41) is 13.3. The summed E-state index contributed by atoms with van der Waals surface area (Å²) in [6, 6.07) is 0.753. The highest BCUT2D eigenvalue weighted by Gasteiger charge is 2.52. The molecule has 2 rings (SSSR count). The minimum atomic E-state index is -0.755. The fourth-order valence-electron chi connectivity index (χ4n) is 3.91. The average Bonchev–Trinajstić information content (AvgIpc) is 3.24. The zero-order chi connectivity index (χ0) is 15.5. The molecule has 0 amide bonds. The molecule has 2 aliphatic rings. The van der Waals surface area contributed by atoms with Gasteiger partial charge in [-0.15, -0.1) is 0 Å². The van der Waals surface area contributed by atoms with Gasteiger partial charge in [-0.3, -0.25) is 10.1 Å². The van der Waals surface area contributed by atoms with E-state index < -0.39 is 11.5 Å². The van der Waals surface area contributed by atoms with Crippen molar-refractivity contribution < 1.29 is 9.90 Å². The van der Waals surface area contributed by atoms with E-state index in [4.69, 9.17) is 0 Å². The second kappa shape index (κ2) is 7.10. The first-order chi connectivity index (χ1) is 9.95. The largest absolute Gasteiger partial charge is 0.480 e. The number of hydrogen-bond donors (Lipinski definition) is 2. The smallest absolute Gasteiger partial charge is 0.325 e. The summed E-state index contributed by atoms with van der Waals surface area (Å²) in [5.74, 6) is -0.371. The third-order valence-electron chi connectivity index (χ3n) is 5.15. The number of hydrogen-bond acceptors (Lipinski definition) is 3. The molecule has 2 aliphatic carbocycles. The molecule has 0 heterocycles. The topological polar surface area (TPSA) is 52.6 Å². The van der Waals surface area contributed by atoms with Gasteiger partial charge >= 0.3 is 5.97 Å². The molecule has 0 spiro atoms. The third-order valence-corrected chi connectivity index (χ3v) is 5.15. The number of carboxylic acids is 1. The molecular weight excluding hydrogens is 264 g/mol. The predicted molar refractivity (Wildman–Crippen MR) is 85.5 cm³/mol. The predicted octanol–water partition coefficient (Wildman–Crippen LogP) is 2.87. The molecule has 1 atom stereocenters. The van der Waals surface area contributed by atoms with Crippen molar-refractivity contribution in [3.63, 3.8) is 0 Å². The maximum atomic E-state index is 12.0. The zero-order valence-corrected chi connectivity index (χ0v) is 13.9. The molecule has 0 bridgehead atoms. The van der Waals surface area contributed by atoms with Gasteiger partial charge in [0.1, 0.15) is 5.54 Å². The number of carboxylic acid groups (broad SMARTS) is 1. The van der Waals surface area contributed by atoms with Crippen molar-refractivity contribution in [3.05, 3.63) is 0 Å². The van der Waals surface area contributed by atoms with E-state index in [1.807, 2.05) is 13.8 Å². The van der Waals surface area contributed by atoms with Crippen LogP contribution in [0, 0.1) is 5.92 Å². The van der Waals surface area contributed by atoms with Crippen LogP contribution in [0.3, 0.4) is 0 Å². The summed E-state index contributed by atoms with van der Waals surface area (Å²) in [6.07, 6.45) is 9.78. The minimum absolute atomic E-state index is 0.198. The van der Waals surface area contributed by atoms with Crippen LogP contribution >= 0.6 is 0 Å². The summed E-state index contributed by atoms with van der Waals surface area (Å²) in [5.41, 5.74) is -0.755. The summed E-state index contributed by atoms with van der Waals surface area (Å²) >= 11 is 0. The number of likely N-dealkylation sites (N-methyl/N-ethyl adjacent to an activating group) is 1. The Morgan fingerprint density at radius 2 is 1.76 bits per heavy atom. The molecule has 4 heteroatoms. The summed E-state index contributed by atoms with van der Waals surface area (Å²) in [4.78, 5) is 14.4. The maximum absolute atomic E-state index is 12.0. The second-order valence-corrected chi connectivity index (χ2v) is 7.41. The van der Waals surface area contributed by atoms with Gasteiger partial charge in [-0.25, -0.2) is 0 Å². The van der Waals surface area contributed by atoms with Gasteiger partial charge < -0.3 is 10.0 Å². The Labute approximate surface area is 129 Å². The standard InChI is InChI=1S/C17H32N2O2/c1-13(2)18-17(16(20)21,14-10-11-14)12-19(3)15-8-6-4-5-7-9-15/h13-15,18H,4-12H2,1-3H3,(H,20,21). The molecule has 2 N–H and O–H groups in total. The molecule has 0 aliphatic heterocycles. The van der Waals surface area contributed by atoms with Crippen LogP contribution in [0.2, 0.25) is 0 Å². The average molecular weight is 296 g/mol. The van der Waals surface area contributed by atoms with Crippen molar-refractivity contribution in [2.75, 3.05) is 13.6 Å². The third kappa shape index (κ3) is 4.19. The Balaban J connectivity index is 2.07. The van der Waals surface area contributed by atoms with Crippen LogP contribution in [0.5, 0.6) is 0 Å². The van der Waals surface area contributed by atoms with E-state index in [9.17, 15) is 9.90 Å². The van der Waals surface area contributed by atoms with Crippen LogP contribution in [0.25, 0.3) is 0 Å². The first-order valence-electron chi connectivity index (χ1n) is 8.67. The molecule has 1 unspecified atom stereocenters. The summed E-state index contributed by atoms with van der Waals surface area (Å²) in [6.45, 7) is 4.73. The van der Waals surface area contributed by atoms with Crippen molar-refractivity contribution >= 4 is 5.97 Å². The number of nitrogens with one attached hydrogen (secondary N) is 1. The first kappa shape index (κ1) is 16.8. The van der Waals surface area contributed by atoms with Crippen LogP contribution in [0.4, 0.5) is 0 Å². The lowest BCUT2D eigenvalue weighted by Gasteiger charge is -2.39. The van der Waals surface area contributed by atoms with Gasteiger partial charge in [0.05, 0.1) is 0 Å². The minimum Gasteiger partial charge on any atom is -0.480 e. The highest BCUT2D eigenvalue weighted by molar-refractivity contribution is 5.80. The molecule has 0 aromatic carbocycles. The lowest BCUT2D eigenvalue weighted by atomic mass is 9.90. The van der Waals surface area contributed by atoms with E-state index in [2.05, 4.69) is 17.3 Å². The molecule has 2 saturated carbocycles. The van der Waals surface area contributed by atoms with Gasteiger partial charge in [0.15, 0.2) is 0 Å². The van der Waals surface area contributed by atoms with Gasteiger partial charge in [0, 0.05) is 18.6 Å². The number of rotatable bonds is 7. The van der Waals surface area contributed by atoms with Gasteiger partial charge in [-0.2, -0.15) is 0 Å². The Morgan fingerprint density at radius 1 is 1.19 bits per heavy atom. The SMILES string of the molecule is CC(C)NC(CN(C)C1CCCCCC1)(C(=O)O)C1CC1. The fraction of sp³-hybridized carbons (Fsp3) is 0.941. The quantitative estimate of drug-likeness (QED) is 0.709. The van der Waals surface area contributed by atoms with Crippen molar-refractivity contribution in [2.24, 2.45) is 5.92 Å². The van der Waals surface area contributed by atoms with E-state index in [1.165, 1.54) is 38.5 Å². The normalized spacial score (nSPS) is 24.0.